The highest BCUT2D eigenvalue weighted by Gasteiger charge is 2.07. The van der Waals surface area contributed by atoms with Gasteiger partial charge in [-0.05, 0) is 23.8 Å². The van der Waals surface area contributed by atoms with Gasteiger partial charge < -0.3 is 15.2 Å². The molecule has 16 heavy (non-hydrogen) atoms. The van der Waals surface area contributed by atoms with Crippen LogP contribution in [0.2, 0.25) is 10.0 Å². The molecule has 0 aliphatic heterocycles. The normalized spacial score (nSPS) is 12.8. The van der Waals surface area contributed by atoms with Crippen molar-refractivity contribution in [1.82, 2.24) is 5.32 Å². The van der Waals surface area contributed by atoms with Crippen LogP contribution in [0.5, 0.6) is 0 Å². The summed E-state index contributed by atoms with van der Waals surface area (Å²) >= 11 is 11.9. The Morgan fingerprint density at radius 1 is 1.44 bits per heavy atom. The van der Waals surface area contributed by atoms with E-state index in [9.17, 15) is 0 Å². The molecule has 0 saturated carbocycles. The van der Waals surface area contributed by atoms with Crippen molar-refractivity contribution in [2.45, 2.75) is 12.6 Å². The van der Waals surface area contributed by atoms with Crippen LogP contribution in [0.25, 0.3) is 0 Å². The highest BCUT2D eigenvalue weighted by Crippen LogP contribution is 2.20. The number of methoxy groups -OCH3 is 1. The first kappa shape index (κ1) is 13.7. The van der Waals surface area contributed by atoms with E-state index < -0.39 is 0 Å². The lowest BCUT2D eigenvalue weighted by Crippen LogP contribution is -2.35. The molecule has 0 aliphatic carbocycles. The highest BCUT2D eigenvalue weighted by molar-refractivity contribution is 6.33. The first-order valence-electron chi connectivity index (χ1n) is 4.94. The Morgan fingerprint density at radius 3 is 2.81 bits per heavy atom. The topological polar surface area (TPSA) is 41.5 Å². The van der Waals surface area contributed by atoms with E-state index in [1.54, 1.807) is 25.3 Å². The summed E-state index contributed by atoms with van der Waals surface area (Å²) in [6.45, 7) is 1.02. The van der Waals surface area contributed by atoms with Gasteiger partial charge in [-0.2, -0.15) is 0 Å². The van der Waals surface area contributed by atoms with Crippen LogP contribution in [0.4, 0.5) is 0 Å². The Bertz CT molecular complexity index is 334. The molecule has 5 heteroatoms. The average molecular weight is 264 g/mol. The van der Waals surface area contributed by atoms with Gasteiger partial charge in [-0.25, -0.2) is 0 Å². The van der Waals surface area contributed by atoms with Gasteiger partial charge in [0.05, 0.1) is 19.3 Å². The van der Waals surface area contributed by atoms with Crippen LogP contribution in [0.15, 0.2) is 18.2 Å². The van der Waals surface area contributed by atoms with Crippen LogP contribution in [0, 0.1) is 0 Å². The Balaban J connectivity index is 2.55. The van der Waals surface area contributed by atoms with Crippen LogP contribution >= 0.6 is 23.2 Å². The molecule has 0 saturated heterocycles. The van der Waals surface area contributed by atoms with E-state index in [1.807, 2.05) is 0 Å². The summed E-state index contributed by atoms with van der Waals surface area (Å²) in [6, 6.07) is 5.20. The third kappa shape index (κ3) is 4.28. The van der Waals surface area contributed by atoms with Crippen molar-refractivity contribution in [1.29, 1.82) is 0 Å². The van der Waals surface area contributed by atoms with Gasteiger partial charge in [0.1, 0.15) is 0 Å². The van der Waals surface area contributed by atoms with Crippen molar-refractivity contribution in [3.05, 3.63) is 33.8 Å². The second-order valence-corrected chi connectivity index (χ2v) is 4.30. The lowest BCUT2D eigenvalue weighted by atomic mass is 10.2. The molecule has 1 rings (SSSR count). The maximum atomic E-state index is 9.06. The SMILES string of the molecule is COCC(CO)NCc1cc(Cl)ccc1Cl. The summed E-state index contributed by atoms with van der Waals surface area (Å²) in [7, 11) is 1.59. The van der Waals surface area contributed by atoms with E-state index in [0.29, 0.717) is 23.2 Å². The number of halogens is 2. The fourth-order valence-corrected chi connectivity index (χ4v) is 1.69. The summed E-state index contributed by atoms with van der Waals surface area (Å²) in [5.74, 6) is 0. The zero-order valence-corrected chi connectivity index (χ0v) is 10.6. The number of benzene rings is 1. The van der Waals surface area contributed by atoms with Gasteiger partial charge in [-0.3, -0.25) is 0 Å². The van der Waals surface area contributed by atoms with Crippen LogP contribution in [0.3, 0.4) is 0 Å². The van der Waals surface area contributed by atoms with Gasteiger partial charge >= 0.3 is 0 Å². The summed E-state index contributed by atoms with van der Waals surface area (Å²) in [5.41, 5.74) is 0.906. The highest BCUT2D eigenvalue weighted by atomic mass is 35.5. The van der Waals surface area contributed by atoms with Crippen molar-refractivity contribution in [2.24, 2.45) is 0 Å². The first-order valence-corrected chi connectivity index (χ1v) is 5.70. The van der Waals surface area contributed by atoms with E-state index >= 15 is 0 Å². The van der Waals surface area contributed by atoms with Gasteiger partial charge in [0.2, 0.25) is 0 Å². The Labute approximate surface area is 105 Å². The fourth-order valence-electron chi connectivity index (χ4n) is 1.31. The summed E-state index contributed by atoms with van der Waals surface area (Å²) in [4.78, 5) is 0. The minimum atomic E-state index is -0.0972. The minimum absolute atomic E-state index is 0.0199. The lowest BCUT2D eigenvalue weighted by molar-refractivity contribution is 0.128. The van der Waals surface area contributed by atoms with Crippen LogP contribution in [-0.4, -0.2) is 31.5 Å². The molecular formula is C11H15Cl2NO2. The number of aliphatic hydroxyl groups excluding tert-OH is 1. The van der Waals surface area contributed by atoms with E-state index in [2.05, 4.69) is 5.32 Å². The van der Waals surface area contributed by atoms with Gasteiger partial charge in [0, 0.05) is 23.7 Å². The fraction of sp³-hybridized carbons (Fsp3) is 0.455. The molecule has 3 nitrogen and oxygen atoms in total. The van der Waals surface area contributed by atoms with Crippen LogP contribution in [-0.2, 0) is 11.3 Å². The third-order valence-corrected chi connectivity index (χ3v) is 2.78. The van der Waals surface area contributed by atoms with Crippen molar-refractivity contribution < 1.29 is 9.84 Å². The molecule has 0 fully saturated rings. The van der Waals surface area contributed by atoms with Gasteiger partial charge in [0.15, 0.2) is 0 Å². The summed E-state index contributed by atoms with van der Waals surface area (Å²) in [5, 5.41) is 13.5. The largest absolute Gasteiger partial charge is 0.395 e. The number of hydrogen-bond acceptors (Lipinski definition) is 3. The minimum Gasteiger partial charge on any atom is -0.395 e. The predicted octanol–water partition coefficient (Wildman–Crippen LogP) is 2.09. The molecule has 1 unspecified atom stereocenters. The second kappa shape index (κ2) is 7.09. The third-order valence-electron chi connectivity index (χ3n) is 2.18. The molecule has 0 bridgehead atoms. The summed E-state index contributed by atoms with van der Waals surface area (Å²) in [6.07, 6.45) is 0. The van der Waals surface area contributed by atoms with Gasteiger partial charge in [-0.1, -0.05) is 23.2 Å². The molecular weight excluding hydrogens is 249 g/mol. The smallest absolute Gasteiger partial charge is 0.0638 e. The molecule has 1 aromatic rings. The van der Waals surface area contributed by atoms with Crippen molar-refractivity contribution in [3.8, 4) is 0 Å². The lowest BCUT2D eigenvalue weighted by Gasteiger charge is -2.15. The Kier molecular flexibility index (Phi) is 6.09. The van der Waals surface area contributed by atoms with Crippen LogP contribution < -0.4 is 5.32 Å². The summed E-state index contributed by atoms with van der Waals surface area (Å²) < 4.78 is 4.96. The maximum Gasteiger partial charge on any atom is 0.0638 e. The predicted molar refractivity (Wildman–Crippen MR) is 66.1 cm³/mol. The molecule has 1 aromatic carbocycles. The standard InChI is InChI=1S/C11H15Cl2NO2/c1-16-7-10(6-15)14-5-8-4-9(12)2-3-11(8)13/h2-4,10,14-15H,5-7H2,1H3. The van der Waals surface area contributed by atoms with Gasteiger partial charge in [-0.15, -0.1) is 0 Å². The molecule has 0 heterocycles. The number of rotatable bonds is 6. The molecule has 90 valence electrons. The zero-order chi connectivity index (χ0) is 12.0. The number of ether oxygens (including phenoxy) is 1. The molecule has 0 spiro atoms. The van der Waals surface area contributed by atoms with Crippen molar-refractivity contribution in [3.63, 3.8) is 0 Å². The van der Waals surface area contributed by atoms with Crippen molar-refractivity contribution >= 4 is 23.2 Å². The second-order valence-electron chi connectivity index (χ2n) is 3.45. The van der Waals surface area contributed by atoms with Gasteiger partial charge in [0.25, 0.3) is 0 Å². The monoisotopic (exact) mass is 263 g/mol. The van der Waals surface area contributed by atoms with E-state index in [0.717, 1.165) is 5.56 Å². The Hall–Kier alpha value is -0.320. The van der Waals surface area contributed by atoms with E-state index in [4.69, 9.17) is 33.0 Å². The maximum absolute atomic E-state index is 9.06. The molecule has 0 amide bonds. The number of aliphatic hydroxyl groups is 1. The van der Waals surface area contributed by atoms with Crippen molar-refractivity contribution in [2.75, 3.05) is 20.3 Å². The molecule has 1 atom stereocenters. The molecule has 0 aliphatic rings. The van der Waals surface area contributed by atoms with Crippen LogP contribution in [0.1, 0.15) is 5.56 Å². The Morgan fingerprint density at radius 2 is 2.19 bits per heavy atom. The first-order chi connectivity index (χ1) is 7.67. The van der Waals surface area contributed by atoms with E-state index in [-0.39, 0.29) is 12.6 Å². The number of nitrogens with one attached hydrogen (secondary N) is 1. The van der Waals surface area contributed by atoms with E-state index in [1.165, 1.54) is 0 Å². The zero-order valence-electron chi connectivity index (χ0n) is 9.04. The molecule has 0 radical (unpaired) electrons. The number of hydrogen-bond donors (Lipinski definition) is 2. The quantitative estimate of drug-likeness (QED) is 0.826. The molecule has 0 aromatic heterocycles. The molecule has 2 N–H and O–H groups in total. The average Bonchev–Trinajstić information content (AvgIpc) is 2.28.